The average molecular weight is 340 g/mol. The molecule has 1 unspecified atom stereocenters. The molecule has 2 N–H and O–H groups in total. The second-order valence-electron chi connectivity index (χ2n) is 4.76. The van der Waals surface area contributed by atoms with Crippen molar-refractivity contribution in [1.82, 2.24) is 9.13 Å². The summed E-state index contributed by atoms with van der Waals surface area (Å²) in [6.45, 7) is 1.75. The van der Waals surface area contributed by atoms with Gasteiger partial charge in [-0.25, -0.2) is 0 Å². The molecule has 5 nitrogen and oxygen atoms in total. The van der Waals surface area contributed by atoms with Crippen molar-refractivity contribution in [3.8, 4) is 0 Å². The van der Waals surface area contributed by atoms with Crippen LogP contribution in [0.3, 0.4) is 0 Å². The number of nitrogens with two attached hydrogens (primary N) is 1. The molecule has 0 saturated heterocycles. The molecule has 0 spiro atoms. The summed E-state index contributed by atoms with van der Waals surface area (Å²) in [5, 5.41) is 0.169. The minimum atomic E-state index is -4.48. The first-order chi connectivity index (χ1) is 9.77. The number of halogens is 4. The van der Waals surface area contributed by atoms with E-state index in [0.29, 0.717) is 29.1 Å². The molecule has 9 heteroatoms. The molecule has 22 heavy (non-hydrogen) atoms. The van der Waals surface area contributed by atoms with Crippen LogP contribution >= 0.6 is 12.4 Å². The predicted molar refractivity (Wildman–Crippen MR) is 80.5 cm³/mol. The number of anilines is 1. The van der Waals surface area contributed by atoms with Crippen molar-refractivity contribution in [3.63, 3.8) is 0 Å². The number of nitrogen functional groups attached to an aromatic ring is 1. The molecule has 0 radical (unpaired) electrons. The van der Waals surface area contributed by atoms with E-state index in [4.69, 9.17) is 10.5 Å². The highest BCUT2D eigenvalue weighted by atomic mass is 35.5. The maximum absolute atomic E-state index is 12.8. The van der Waals surface area contributed by atoms with Crippen LogP contribution in [0.1, 0.15) is 13.0 Å². The van der Waals surface area contributed by atoms with Gasteiger partial charge in [-0.1, -0.05) is 0 Å². The summed E-state index contributed by atoms with van der Waals surface area (Å²) in [6.07, 6.45) is -3.34. The summed E-state index contributed by atoms with van der Waals surface area (Å²) >= 11 is 0. The molecular weight excluding hydrogens is 323 g/mol. The van der Waals surface area contributed by atoms with E-state index in [1.807, 2.05) is 0 Å². The summed E-state index contributed by atoms with van der Waals surface area (Å²) in [7, 11) is 1.53. The first-order valence-electron chi connectivity index (χ1n) is 6.33. The van der Waals surface area contributed by atoms with Crippen LogP contribution in [0, 0.1) is 0 Å². The fourth-order valence-corrected chi connectivity index (χ4v) is 2.19. The average Bonchev–Trinajstić information content (AvgIpc) is 2.72. The van der Waals surface area contributed by atoms with Gasteiger partial charge >= 0.3 is 6.18 Å². The Morgan fingerprint density at radius 2 is 2.05 bits per heavy atom. The van der Waals surface area contributed by atoms with Gasteiger partial charge in [0.2, 0.25) is 0 Å². The van der Waals surface area contributed by atoms with Crippen LogP contribution < -0.4 is 11.3 Å². The van der Waals surface area contributed by atoms with Crippen LogP contribution in [0.15, 0.2) is 23.1 Å². The minimum Gasteiger partial charge on any atom is -0.385 e. The largest absolute Gasteiger partial charge is 0.408 e. The normalized spacial score (nSPS) is 13.1. The Morgan fingerprint density at radius 3 is 2.59 bits per heavy atom. The Bertz CT molecular complexity index is 709. The Labute approximate surface area is 130 Å². The molecule has 0 saturated carbocycles. The van der Waals surface area contributed by atoms with Crippen molar-refractivity contribution in [2.75, 3.05) is 19.5 Å². The Kier molecular flexibility index (Phi) is 5.53. The predicted octanol–water partition coefficient (Wildman–Crippen LogP) is 2.58. The quantitative estimate of drug-likeness (QED) is 0.931. The molecule has 0 fully saturated rings. The topological polar surface area (TPSA) is 62.2 Å². The van der Waals surface area contributed by atoms with E-state index in [9.17, 15) is 18.0 Å². The van der Waals surface area contributed by atoms with Crippen LogP contribution in [0.4, 0.5) is 19.0 Å². The van der Waals surface area contributed by atoms with Gasteiger partial charge in [0.1, 0.15) is 11.9 Å². The Hall–Kier alpha value is -1.67. The molecule has 0 bridgehead atoms. The molecule has 0 aromatic carbocycles. The zero-order chi connectivity index (χ0) is 15.8. The van der Waals surface area contributed by atoms with Gasteiger partial charge in [0.15, 0.2) is 0 Å². The van der Waals surface area contributed by atoms with Gasteiger partial charge in [0, 0.05) is 19.9 Å². The fraction of sp³-hybridized carbons (Fsp3) is 0.462. The molecule has 1 atom stereocenters. The number of alkyl halides is 3. The number of aromatic nitrogens is 2. The van der Waals surface area contributed by atoms with E-state index in [2.05, 4.69) is 0 Å². The summed E-state index contributed by atoms with van der Waals surface area (Å²) < 4.78 is 45.5. The van der Waals surface area contributed by atoms with Gasteiger partial charge in [-0.15, -0.1) is 12.4 Å². The highest BCUT2D eigenvalue weighted by molar-refractivity contribution is 5.85. The SMILES string of the molecule is COCCn1c(N)cc2c(=O)n(C(C)C(F)(F)F)ccc21.Cl. The zero-order valence-electron chi connectivity index (χ0n) is 12.1. The summed E-state index contributed by atoms with van der Waals surface area (Å²) in [5.74, 6) is 0.316. The number of methoxy groups -OCH3 is 1. The first-order valence-corrected chi connectivity index (χ1v) is 6.33. The highest BCUT2D eigenvalue weighted by Crippen LogP contribution is 2.29. The molecule has 2 rings (SSSR count). The van der Waals surface area contributed by atoms with Crippen LogP contribution in [-0.2, 0) is 11.3 Å². The van der Waals surface area contributed by atoms with Gasteiger partial charge in [-0.3, -0.25) is 4.79 Å². The van der Waals surface area contributed by atoms with Gasteiger partial charge in [-0.05, 0) is 19.1 Å². The van der Waals surface area contributed by atoms with Crippen LogP contribution in [0.5, 0.6) is 0 Å². The first kappa shape index (κ1) is 18.4. The summed E-state index contributed by atoms with van der Waals surface area (Å²) in [5.41, 5.74) is 5.60. The standard InChI is InChI=1S/C13H16F3N3O2.ClH/c1-8(13(14,15)16)18-4-3-10-9(12(18)20)7-11(17)19(10)5-6-21-2;/h3-4,7-8H,5-6,17H2,1-2H3;1H. The summed E-state index contributed by atoms with van der Waals surface area (Å²) in [4.78, 5) is 12.2. The monoisotopic (exact) mass is 339 g/mol. The second-order valence-corrected chi connectivity index (χ2v) is 4.76. The van der Waals surface area contributed by atoms with Crippen molar-refractivity contribution in [2.24, 2.45) is 0 Å². The van der Waals surface area contributed by atoms with Gasteiger partial charge in [-0.2, -0.15) is 13.2 Å². The van der Waals surface area contributed by atoms with E-state index in [-0.39, 0.29) is 17.8 Å². The number of pyridine rings is 1. The lowest BCUT2D eigenvalue weighted by Gasteiger charge is -2.18. The van der Waals surface area contributed by atoms with Crippen LogP contribution in [-0.4, -0.2) is 29.0 Å². The van der Waals surface area contributed by atoms with Crippen LogP contribution in [0.25, 0.3) is 10.9 Å². The van der Waals surface area contributed by atoms with Crippen molar-refractivity contribution >= 4 is 29.1 Å². The van der Waals surface area contributed by atoms with E-state index >= 15 is 0 Å². The van der Waals surface area contributed by atoms with Gasteiger partial charge in [0.05, 0.1) is 17.5 Å². The van der Waals surface area contributed by atoms with Crippen LogP contribution in [0.2, 0.25) is 0 Å². The maximum atomic E-state index is 12.8. The molecule has 0 amide bonds. The third kappa shape index (κ3) is 3.22. The number of hydrogen-bond acceptors (Lipinski definition) is 3. The van der Waals surface area contributed by atoms with Crippen molar-refractivity contribution in [1.29, 1.82) is 0 Å². The molecule has 124 valence electrons. The van der Waals surface area contributed by atoms with Gasteiger partial charge < -0.3 is 19.6 Å². The van der Waals surface area contributed by atoms with Gasteiger partial charge in [0.25, 0.3) is 5.56 Å². The fourth-order valence-electron chi connectivity index (χ4n) is 2.19. The number of nitrogens with zero attached hydrogens (tertiary/aromatic N) is 2. The lowest BCUT2D eigenvalue weighted by Crippen LogP contribution is -2.32. The highest BCUT2D eigenvalue weighted by Gasteiger charge is 2.38. The number of hydrogen-bond donors (Lipinski definition) is 1. The second kappa shape index (κ2) is 6.62. The maximum Gasteiger partial charge on any atom is 0.408 e. The van der Waals surface area contributed by atoms with Crippen molar-refractivity contribution in [3.05, 3.63) is 28.7 Å². The molecular formula is C13H17ClF3N3O2. The lowest BCUT2D eigenvalue weighted by atomic mass is 10.2. The minimum absolute atomic E-state index is 0. The molecule has 2 aromatic heterocycles. The number of fused-ring (bicyclic) bond motifs is 1. The Balaban J connectivity index is 0.00000242. The molecule has 2 aromatic rings. The van der Waals surface area contributed by atoms with Crippen molar-refractivity contribution in [2.45, 2.75) is 25.7 Å². The lowest BCUT2D eigenvalue weighted by molar-refractivity contribution is -0.163. The van der Waals surface area contributed by atoms with E-state index in [1.54, 1.807) is 4.57 Å². The Morgan fingerprint density at radius 1 is 1.41 bits per heavy atom. The third-order valence-corrected chi connectivity index (χ3v) is 3.44. The van der Waals surface area contributed by atoms with E-state index in [0.717, 1.165) is 13.1 Å². The van der Waals surface area contributed by atoms with E-state index in [1.165, 1.54) is 19.2 Å². The zero-order valence-corrected chi connectivity index (χ0v) is 12.9. The number of rotatable bonds is 4. The smallest absolute Gasteiger partial charge is 0.385 e. The third-order valence-electron chi connectivity index (χ3n) is 3.44. The molecule has 0 aliphatic heterocycles. The molecule has 2 heterocycles. The summed E-state index contributed by atoms with van der Waals surface area (Å²) in [6, 6.07) is 0.968. The van der Waals surface area contributed by atoms with Crippen molar-refractivity contribution < 1.29 is 17.9 Å². The van der Waals surface area contributed by atoms with E-state index < -0.39 is 17.8 Å². The molecule has 0 aliphatic carbocycles. The number of ether oxygens (including phenoxy) is 1. The molecule has 0 aliphatic rings.